The molecule has 3 aliphatic rings. The van der Waals surface area contributed by atoms with Crippen molar-refractivity contribution < 1.29 is 31.9 Å². The molecule has 1 saturated heterocycles. The third-order valence-electron chi connectivity index (χ3n) is 6.54. The number of carbonyl (C=O) groups is 2. The Kier molecular flexibility index (Phi) is 5.57. The second-order valence-electron chi connectivity index (χ2n) is 8.37. The van der Waals surface area contributed by atoms with Crippen molar-refractivity contribution >= 4 is 11.9 Å². The van der Waals surface area contributed by atoms with Gasteiger partial charge in [-0.1, -0.05) is 6.07 Å². The molecule has 168 valence electrons. The zero-order valence-electron chi connectivity index (χ0n) is 17.2. The summed E-state index contributed by atoms with van der Waals surface area (Å²) in [5.74, 6) is -0.913. The summed E-state index contributed by atoms with van der Waals surface area (Å²) < 4.78 is 57.7. The molecule has 4 rings (SSSR count). The second kappa shape index (κ2) is 7.93. The second-order valence-corrected chi connectivity index (χ2v) is 8.37. The summed E-state index contributed by atoms with van der Waals surface area (Å²) in [6, 6.07) is 3.62. The van der Waals surface area contributed by atoms with E-state index in [1.165, 1.54) is 11.0 Å². The highest BCUT2D eigenvalue weighted by Gasteiger charge is 2.51. The smallest absolute Gasteiger partial charge is 0.416 e. The Morgan fingerprint density at radius 1 is 1.16 bits per heavy atom. The highest BCUT2D eigenvalue weighted by molar-refractivity contribution is 6.07. The monoisotopic (exact) mass is 440 g/mol. The molecule has 1 fully saturated rings. The maximum Gasteiger partial charge on any atom is 0.416 e. The highest BCUT2D eigenvalue weighted by Crippen LogP contribution is 2.42. The summed E-state index contributed by atoms with van der Waals surface area (Å²) in [6.45, 7) is 2.77. The number of piperidine rings is 1. The highest BCUT2D eigenvalue weighted by atomic mass is 19.4. The average Bonchev–Trinajstić information content (AvgIpc) is 2.97. The molecule has 0 aromatic heterocycles. The number of halogens is 4. The molecule has 1 spiro atoms. The van der Waals surface area contributed by atoms with Crippen molar-refractivity contribution in [1.29, 1.82) is 0 Å². The normalized spacial score (nSPS) is 21.5. The van der Waals surface area contributed by atoms with Crippen LogP contribution in [0.25, 0.3) is 0 Å². The number of benzene rings is 1. The van der Waals surface area contributed by atoms with Gasteiger partial charge in [-0.2, -0.15) is 13.2 Å². The SMILES string of the molecule is CC1=C(C(=O)N2CCc3ccc(C(F)(F)F)cc3C2)C2(CCN(CCF)CC2)OC1=O. The maximum absolute atomic E-state index is 13.5. The van der Waals surface area contributed by atoms with Gasteiger partial charge in [0.25, 0.3) is 5.91 Å². The zero-order valence-corrected chi connectivity index (χ0v) is 17.2. The molecule has 0 atom stereocenters. The van der Waals surface area contributed by atoms with E-state index in [0.29, 0.717) is 56.6 Å². The van der Waals surface area contributed by atoms with Crippen LogP contribution in [0.2, 0.25) is 0 Å². The molecule has 0 saturated carbocycles. The van der Waals surface area contributed by atoms with Crippen LogP contribution < -0.4 is 0 Å². The van der Waals surface area contributed by atoms with Crippen LogP contribution in [0, 0.1) is 0 Å². The molecular weight excluding hydrogens is 416 g/mol. The van der Waals surface area contributed by atoms with Crippen LogP contribution in [0.15, 0.2) is 29.3 Å². The van der Waals surface area contributed by atoms with Gasteiger partial charge in [-0.05, 0) is 36.6 Å². The summed E-state index contributed by atoms with van der Waals surface area (Å²) in [6.07, 6.45) is -3.24. The number of nitrogens with zero attached hydrogens (tertiary/aromatic N) is 2. The largest absolute Gasteiger partial charge is 0.450 e. The lowest BCUT2D eigenvalue weighted by molar-refractivity contribution is -0.151. The molecule has 5 nitrogen and oxygen atoms in total. The molecule has 3 heterocycles. The summed E-state index contributed by atoms with van der Waals surface area (Å²) in [4.78, 5) is 29.2. The summed E-state index contributed by atoms with van der Waals surface area (Å²) in [5.41, 5.74) is 0.0122. The van der Waals surface area contributed by atoms with E-state index in [2.05, 4.69) is 0 Å². The van der Waals surface area contributed by atoms with Crippen LogP contribution in [0.3, 0.4) is 0 Å². The van der Waals surface area contributed by atoms with Crippen molar-refractivity contribution in [3.8, 4) is 0 Å². The fourth-order valence-corrected chi connectivity index (χ4v) is 4.78. The predicted molar refractivity (Wildman–Crippen MR) is 104 cm³/mol. The van der Waals surface area contributed by atoms with Gasteiger partial charge < -0.3 is 14.5 Å². The van der Waals surface area contributed by atoms with Crippen LogP contribution in [0.4, 0.5) is 17.6 Å². The molecule has 0 unspecified atom stereocenters. The van der Waals surface area contributed by atoms with Crippen LogP contribution in [-0.4, -0.2) is 60.1 Å². The van der Waals surface area contributed by atoms with Gasteiger partial charge in [0, 0.05) is 51.1 Å². The van der Waals surface area contributed by atoms with Gasteiger partial charge in [-0.3, -0.25) is 4.79 Å². The lowest BCUT2D eigenvalue weighted by Gasteiger charge is -2.40. The molecule has 0 bridgehead atoms. The molecule has 0 radical (unpaired) electrons. The fraction of sp³-hybridized carbons (Fsp3) is 0.545. The number of alkyl halides is 4. The first kappa shape index (κ1) is 21.8. The van der Waals surface area contributed by atoms with E-state index in [1.807, 2.05) is 4.90 Å². The topological polar surface area (TPSA) is 49.9 Å². The quantitative estimate of drug-likeness (QED) is 0.535. The Labute approximate surface area is 177 Å². The van der Waals surface area contributed by atoms with Gasteiger partial charge in [-0.15, -0.1) is 0 Å². The van der Waals surface area contributed by atoms with Gasteiger partial charge in [-0.25, -0.2) is 9.18 Å². The van der Waals surface area contributed by atoms with E-state index >= 15 is 0 Å². The van der Waals surface area contributed by atoms with Crippen LogP contribution in [0.1, 0.15) is 36.5 Å². The molecular formula is C22H24F4N2O3. The predicted octanol–water partition coefficient (Wildman–Crippen LogP) is 3.27. The van der Waals surface area contributed by atoms with E-state index in [4.69, 9.17) is 4.74 Å². The molecule has 31 heavy (non-hydrogen) atoms. The third-order valence-corrected chi connectivity index (χ3v) is 6.54. The summed E-state index contributed by atoms with van der Waals surface area (Å²) in [5, 5.41) is 0. The van der Waals surface area contributed by atoms with Crippen LogP contribution in [-0.2, 0) is 33.5 Å². The van der Waals surface area contributed by atoms with Crippen molar-refractivity contribution in [3.05, 3.63) is 46.0 Å². The summed E-state index contributed by atoms with van der Waals surface area (Å²) in [7, 11) is 0. The van der Waals surface area contributed by atoms with E-state index in [1.54, 1.807) is 6.92 Å². The number of carbonyl (C=O) groups excluding carboxylic acids is 2. The Balaban J connectivity index is 1.58. The number of esters is 1. The van der Waals surface area contributed by atoms with Crippen LogP contribution >= 0.6 is 0 Å². The van der Waals surface area contributed by atoms with E-state index < -0.39 is 30.0 Å². The average molecular weight is 440 g/mol. The molecule has 0 aliphatic carbocycles. The maximum atomic E-state index is 13.5. The number of fused-ring (bicyclic) bond motifs is 1. The van der Waals surface area contributed by atoms with Gasteiger partial charge in [0.15, 0.2) is 0 Å². The zero-order chi connectivity index (χ0) is 22.4. The van der Waals surface area contributed by atoms with Gasteiger partial charge in [0.1, 0.15) is 12.3 Å². The van der Waals surface area contributed by atoms with E-state index in [0.717, 1.165) is 17.7 Å². The Morgan fingerprint density at radius 2 is 1.87 bits per heavy atom. The lowest BCUT2D eigenvalue weighted by Crippen LogP contribution is -2.50. The number of hydrogen-bond acceptors (Lipinski definition) is 4. The first-order chi connectivity index (χ1) is 14.6. The minimum absolute atomic E-state index is 0.0487. The molecule has 3 aliphatic heterocycles. The van der Waals surface area contributed by atoms with Crippen molar-refractivity contribution in [2.75, 3.05) is 32.9 Å². The van der Waals surface area contributed by atoms with Crippen molar-refractivity contribution in [3.63, 3.8) is 0 Å². The Morgan fingerprint density at radius 3 is 2.52 bits per heavy atom. The number of likely N-dealkylation sites (tertiary alicyclic amines) is 1. The first-order valence-corrected chi connectivity index (χ1v) is 10.4. The molecule has 1 amide bonds. The minimum atomic E-state index is -4.45. The molecule has 9 heteroatoms. The number of amides is 1. The molecule has 1 aromatic rings. The number of hydrogen-bond donors (Lipinski definition) is 0. The van der Waals surface area contributed by atoms with Crippen molar-refractivity contribution in [2.45, 2.75) is 44.5 Å². The first-order valence-electron chi connectivity index (χ1n) is 10.4. The molecule has 1 aromatic carbocycles. The van der Waals surface area contributed by atoms with E-state index in [9.17, 15) is 27.2 Å². The summed E-state index contributed by atoms with van der Waals surface area (Å²) >= 11 is 0. The number of rotatable bonds is 3. The lowest BCUT2D eigenvalue weighted by atomic mass is 9.82. The van der Waals surface area contributed by atoms with Crippen LogP contribution in [0.5, 0.6) is 0 Å². The van der Waals surface area contributed by atoms with Gasteiger partial charge >= 0.3 is 12.1 Å². The standard InChI is InChI=1S/C22H24F4N2O3/c1-14-18(21(31-20(14)30)5-9-27(10-6-21)11-7-23)19(29)28-8-4-15-2-3-17(22(24,25)26)12-16(15)13-28/h2-3,12H,4-11,13H2,1H3. The third kappa shape index (κ3) is 3.95. The molecule has 0 N–H and O–H groups in total. The Hall–Kier alpha value is -2.42. The van der Waals surface area contributed by atoms with Gasteiger partial charge in [0.2, 0.25) is 0 Å². The number of ether oxygens (including phenoxy) is 1. The Bertz CT molecular complexity index is 933. The van der Waals surface area contributed by atoms with Crippen molar-refractivity contribution in [2.24, 2.45) is 0 Å². The van der Waals surface area contributed by atoms with Crippen molar-refractivity contribution in [1.82, 2.24) is 9.80 Å². The fourth-order valence-electron chi connectivity index (χ4n) is 4.78. The van der Waals surface area contributed by atoms with E-state index in [-0.39, 0.29) is 18.0 Å². The van der Waals surface area contributed by atoms with Gasteiger partial charge in [0.05, 0.1) is 11.1 Å². The minimum Gasteiger partial charge on any atom is -0.450 e.